The SMILES string of the molecule is CCCNCc1ccnc(Oc2ccc(Cl)cc2Br)c1F. The lowest BCUT2D eigenvalue weighted by Crippen LogP contribution is -2.15. The fraction of sp³-hybridized carbons (Fsp3) is 0.267. The Morgan fingerprint density at radius 3 is 2.90 bits per heavy atom. The van der Waals surface area contributed by atoms with Crippen molar-refractivity contribution < 1.29 is 9.13 Å². The van der Waals surface area contributed by atoms with Gasteiger partial charge in [0.25, 0.3) is 5.88 Å². The second kappa shape index (κ2) is 7.73. The number of halogens is 3. The molecule has 0 radical (unpaired) electrons. The summed E-state index contributed by atoms with van der Waals surface area (Å²) in [6, 6.07) is 6.66. The minimum Gasteiger partial charge on any atom is -0.435 e. The van der Waals surface area contributed by atoms with Crippen LogP contribution in [0.25, 0.3) is 0 Å². The third-order valence-corrected chi connectivity index (χ3v) is 3.63. The predicted octanol–water partition coefficient (Wildman–Crippen LogP) is 4.93. The molecule has 0 amide bonds. The van der Waals surface area contributed by atoms with Gasteiger partial charge in [0.1, 0.15) is 5.75 Å². The number of hydrogen-bond donors (Lipinski definition) is 1. The summed E-state index contributed by atoms with van der Waals surface area (Å²) in [5.41, 5.74) is 0.526. The summed E-state index contributed by atoms with van der Waals surface area (Å²) < 4.78 is 20.5. The van der Waals surface area contributed by atoms with E-state index in [1.807, 2.05) is 0 Å². The maximum Gasteiger partial charge on any atom is 0.256 e. The molecule has 2 aromatic rings. The molecule has 112 valence electrons. The van der Waals surface area contributed by atoms with Gasteiger partial charge in [-0.25, -0.2) is 9.37 Å². The number of nitrogens with zero attached hydrogens (tertiary/aromatic N) is 1. The normalized spacial score (nSPS) is 10.7. The molecule has 2 rings (SSSR count). The molecule has 1 N–H and O–H groups in total. The molecular weight excluding hydrogens is 359 g/mol. The van der Waals surface area contributed by atoms with Crippen LogP contribution < -0.4 is 10.1 Å². The van der Waals surface area contributed by atoms with Gasteiger partial charge in [-0.05, 0) is 53.2 Å². The summed E-state index contributed by atoms with van der Waals surface area (Å²) in [5, 5.41) is 3.72. The highest BCUT2D eigenvalue weighted by Gasteiger charge is 2.13. The Hall–Kier alpha value is -1.17. The molecule has 1 heterocycles. The smallest absolute Gasteiger partial charge is 0.256 e. The number of aromatic nitrogens is 1. The Balaban J connectivity index is 2.18. The number of nitrogens with one attached hydrogen (secondary N) is 1. The van der Waals surface area contributed by atoms with E-state index in [9.17, 15) is 4.39 Å². The summed E-state index contributed by atoms with van der Waals surface area (Å²) >= 11 is 9.19. The number of benzene rings is 1. The van der Waals surface area contributed by atoms with Gasteiger partial charge in [0, 0.05) is 23.3 Å². The van der Waals surface area contributed by atoms with Crippen molar-refractivity contribution in [2.45, 2.75) is 19.9 Å². The Labute approximate surface area is 136 Å². The van der Waals surface area contributed by atoms with Gasteiger partial charge in [0.2, 0.25) is 0 Å². The summed E-state index contributed by atoms with van der Waals surface area (Å²) in [6.45, 7) is 3.34. The average molecular weight is 374 g/mol. The highest BCUT2D eigenvalue weighted by Crippen LogP contribution is 2.32. The Morgan fingerprint density at radius 1 is 1.38 bits per heavy atom. The number of ether oxygens (including phenoxy) is 1. The molecule has 0 saturated carbocycles. The molecule has 0 aliphatic heterocycles. The minimum atomic E-state index is -0.456. The molecule has 6 heteroatoms. The van der Waals surface area contributed by atoms with E-state index in [1.54, 1.807) is 24.3 Å². The highest BCUT2D eigenvalue weighted by atomic mass is 79.9. The summed E-state index contributed by atoms with van der Waals surface area (Å²) in [5.74, 6) is -0.0405. The van der Waals surface area contributed by atoms with E-state index in [1.165, 1.54) is 6.20 Å². The van der Waals surface area contributed by atoms with E-state index in [-0.39, 0.29) is 5.88 Å². The largest absolute Gasteiger partial charge is 0.435 e. The van der Waals surface area contributed by atoms with Crippen LogP contribution in [0.4, 0.5) is 4.39 Å². The number of rotatable bonds is 6. The van der Waals surface area contributed by atoms with Gasteiger partial charge < -0.3 is 10.1 Å². The van der Waals surface area contributed by atoms with Crippen LogP contribution in [0, 0.1) is 5.82 Å². The van der Waals surface area contributed by atoms with Crippen LogP contribution in [0.5, 0.6) is 11.6 Å². The first-order valence-electron chi connectivity index (χ1n) is 6.58. The maximum absolute atomic E-state index is 14.3. The second-order valence-electron chi connectivity index (χ2n) is 4.44. The molecule has 0 aliphatic rings. The van der Waals surface area contributed by atoms with Crippen molar-refractivity contribution in [1.82, 2.24) is 10.3 Å². The Morgan fingerprint density at radius 2 is 2.19 bits per heavy atom. The van der Waals surface area contributed by atoms with Gasteiger partial charge in [-0.3, -0.25) is 0 Å². The molecule has 0 unspecified atom stereocenters. The van der Waals surface area contributed by atoms with Gasteiger partial charge >= 0.3 is 0 Å². The summed E-state index contributed by atoms with van der Waals surface area (Å²) in [6.07, 6.45) is 2.53. The third-order valence-electron chi connectivity index (χ3n) is 2.78. The zero-order valence-electron chi connectivity index (χ0n) is 11.5. The van der Waals surface area contributed by atoms with Gasteiger partial charge in [-0.1, -0.05) is 18.5 Å². The molecule has 0 saturated heterocycles. The fourth-order valence-corrected chi connectivity index (χ4v) is 2.50. The van der Waals surface area contributed by atoms with Gasteiger partial charge in [-0.15, -0.1) is 0 Å². The number of hydrogen-bond acceptors (Lipinski definition) is 3. The maximum atomic E-state index is 14.3. The fourth-order valence-electron chi connectivity index (χ4n) is 1.73. The minimum absolute atomic E-state index is 0.0474. The van der Waals surface area contributed by atoms with Gasteiger partial charge in [-0.2, -0.15) is 0 Å². The molecule has 0 bridgehead atoms. The Kier molecular flexibility index (Phi) is 5.96. The number of pyridine rings is 1. The van der Waals surface area contributed by atoms with Crippen LogP contribution in [-0.4, -0.2) is 11.5 Å². The standard InChI is InChI=1S/C15H15BrClFN2O/c1-2-6-19-9-10-5-7-20-15(14(10)18)21-13-4-3-11(17)8-12(13)16/h3-5,7-8,19H,2,6,9H2,1H3. The van der Waals surface area contributed by atoms with Crippen molar-refractivity contribution in [3.8, 4) is 11.6 Å². The van der Waals surface area contributed by atoms with Gasteiger partial charge in [0.05, 0.1) is 4.47 Å². The molecule has 1 aromatic carbocycles. The zero-order chi connectivity index (χ0) is 15.2. The van der Waals surface area contributed by atoms with Crippen LogP contribution in [0.15, 0.2) is 34.9 Å². The van der Waals surface area contributed by atoms with Crippen LogP contribution in [0.3, 0.4) is 0 Å². The lowest BCUT2D eigenvalue weighted by molar-refractivity contribution is 0.415. The van der Waals surface area contributed by atoms with E-state index in [0.717, 1.165) is 13.0 Å². The molecule has 0 spiro atoms. The topological polar surface area (TPSA) is 34.2 Å². The lowest BCUT2D eigenvalue weighted by atomic mass is 10.2. The van der Waals surface area contributed by atoms with Crippen molar-refractivity contribution in [2.24, 2.45) is 0 Å². The first-order chi connectivity index (χ1) is 10.1. The van der Waals surface area contributed by atoms with E-state index in [0.29, 0.717) is 27.4 Å². The van der Waals surface area contributed by atoms with Crippen LogP contribution >= 0.6 is 27.5 Å². The quantitative estimate of drug-likeness (QED) is 0.729. The summed E-state index contributed by atoms with van der Waals surface area (Å²) in [4.78, 5) is 3.95. The predicted molar refractivity (Wildman–Crippen MR) is 85.4 cm³/mol. The van der Waals surface area contributed by atoms with Crippen LogP contribution in [0.2, 0.25) is 5.02 Å². The molecule has 0 fully saturated rings. The van der Waals surface area contributed by atoms with E-state index >= 15 is 0 Å². The van der Waals surface area contributed by atoms with Crippen LogP contribution in [-0.2, 0) is 6.54 Å². The Bertz CT molecular complexity index is 625. The zero-order valence-corrected chi connectivity index (χ0v) is 13.8. The van der Waals surface area contributed by atoms with E-state index in [4.69, 9.17) is 16.3 Å². The van der Waals surface area contributed by atoms with Crippen molar-refractivity contribution in [2.75, 3.05) is 6.54 Å². The van der Waals surface area contributed by atoms with Crippen molar-refractivity contribution in [3.05, 3.63) is 51.3 Å². The lowest BCUT2D eigenvalue weighted by Gasteiger charge is -2.10. The van der Waals surface area contributed by atoms with Gasteiger partial charge in [0.15, 0.2) is 5.82 Å². The van der Waals surface area contributed by atoms with E-state index in [2.05, 4.69) is 33.2 Å². The molecule has 1 aromatic heterocycles. The first-order valence-corrected chi connectivity index (χ1v) is 7.76. The molecule has 21 heavy (non-hydrogen) atoms. The van der Waals surface area contributed by atoms with Crippen molar-refractivity contribution >= 4 is 27.5 Å². The molecular formula is C15H15BrClFN2O. The molecule has 0 atom stereocenters. The van der Waals surface area contributed by atoms with Crippen molar-refractivity contribution in [3.63, 3.8) is 0 Å². The molecule has 0 aliphatic carbocycles. The van der Waals surface area contributed by atoms with E-state index < -0.39 is 5.82 Å². The second-order valence-corrected chi connectivity index (χ2v) is 5.73. The van der Waals surface area contributed by atoms with Crippen molar-refractivity contribution in [1.29, 1.82) is 0 Å². The first kappa shape index (κ1) is 16.2. The summed E-state index contributed by atoms with van der Waals surface area (Å²) in [7, 11) is 0. The average Bonchev–Trinajstić information content (AvgIpc) is 2.46. The highest BCUT2D eigenvalue weighted by molar-refractivity contribution is 9.10. The molecule has 3 nitrogen and oxygen atoms in total. The third kappa shape index (κ3) is 4.40. The monoisotopic (exact) mass is 372 g/mol. The van der Waals surface area contributed by atoms with Crippen LogP contribution in [0.1, 0.15) is 18.9 Å².